The Morgan fingerprint density at radius 3 is 2.82 bits per heavy atom. The highest BCUT2D eigenvalue weighted by molar-refractivity contribution is 7.10. The average Bonchev–Trinajstić information content (AvgIpc) is 2.78. The maximum Gasteiger partial charge on any atom is 0.0469 e. The van der Waals surface area contributed by atoms with Crippen LogP contribution in [0.5, 0.6) is 0 Å². The lowest BCUT2D eigenvalue weighted by Gasteiger charge is -2.31. The van der Waals surface area contributed by atoms with Gasteiger partial charge in [0.05, 0.1) is 0 Å². The first-order chi connectivity index (χ1) is 8.33. The minimum atomic E-state index is 0.532. The molecular formula is C14H23NOS. The second-order valence-electron chi connectivity index (χ2n) is 4.81. The topological polar surface area (TPSA) is 21.3 Å². The molecule has 0 spiro atoms. The predicted molar refractivity (Wildman–Crippen MR) is 73.6 cm³/mol. The van der Waals surface area contributed by atoms with Gasteiger partial charge in [0, 0.05) is 24.1 Å². The number of thiophene rings is 1. The van der Waals surface area contributed by atoms with Crippen molar-refractivity contribution in [2.75, 3.05) is 19.8 Å². The lowest BCUT2D eigenvalue weighted by molar-refractivity contribution is 0.0536. The first-order valence-electron chi connectivity index (χ1n) is 6.68. The molecule has 2 rings (SSSR count). The van der Waals surface area contributed by atoms with Crippen molar-refractivity contribution in [1.82, 2.24) is 5.32 Å². The summed E-state index contributed by atoms with van der Waals surface area (Å²) in [5.74, 6) is 0.739. The molecule has 2 nitrogen and oxygen atoms in total. The number of hydrogen-bond acceptors (Lipinski definition) is 3. The van der Waals surface area contributed by atoms with Gasteiger partial charge in [0.1, 0.15) is 0 Å². The van der Waals surface area contributed by atoms with Gasteiger partial charge in [0.25, 0.3) is 0 Å². The molecule has 0 bridgehead atoms. The van der Waals surface area contributed by atoms with Crippen LogP contribution in [0.15, 0.2) is 11.4 Å². The molecule has 17 heavy (non-hydrogen) atoms. The molecule has 2 heterocycles. The zero-order chi connectivity index (χ0) is 12.1. The smallest absolute Gasteiger partial charge is 0.0469 e. The van der Waals surface area contributed by atoms with Crippen LogP contribution in [0.1, 0.15) is 42.7 Å². The van der Waals surface area contributed by atoms with Crippen molar-refractivity contribution in [3.63, 3.8) is 0 Å². The highest BCUT2D eigenvalue weighted by Crippen LogP contribution is 2.33. The van der Waals surface area contributed by atoms with Crippen molar-refractivity contribution in [3.8, 4) is 0 Å². The number of nitrogens with one attached hydrogen (secondary N) is 1. The zero-order valence-electron chi connectivity index (χ0n) is 10.9. The molecule has 3 heteroatoms. The number of hydrogen-bond donors (Lipinski definition) is 1. The molecule has 1 fully saturated rings. The quantitative estimate of drug-likeness (QED) is 0.867. The van der Waals surface area contributed by atoms with E-state index in [-0.39, 0.29) is 0 Å². The van der Waals surface area contributed by atoms with Crippen LogP contribution in [0.3, 0.4) is 0 Å². The Labute approximate surface area is 108 Å². The van der Waals surface area contributed by atoms with E-state index in [1.807, 2.05) is 11.3 Å². The second kappa shape index (κ2) is 6.53. The highest BCUT2D eigenvalue weighted by Gasteiger charge is 2.26. The predicted octanol–water partition coefficient (Wildman–Crippen LogP) is 3.52. The molecule has 0 radical (unpaired) electrons. The van der Waals surface area contributed by atoms with E-state index >= 15 is 0 Å². The van der Waals surface area contributed by atoms with E-state index in [0.29, 0.717) is 6.04 Å². The number of ether oxygens (including phenoxy) is 1. The Hall–Kier alpha value is -0.380. The summed E-state index contributed by atoms with van der Waals surface area (Å²) in [6, 6.07) is 2.83. The van der Waals surface area contributed by atoms with Crippen LogP contribution in [-0.4, -0.2) is 19.8 Å². The first kappa shape index (κ1) is 13.1. The third-order valence-electron chi connectivity index (χ3n) is 3.59. The van der Waals surface area contributed by atoms with Crippen LogP contribution in [0, 0.1) is 12.8 Å². The van der Waals surface area contributed by atoms with Crippen LogP contribution in [-0.2, 0) is 4.74 Å². The molecular weight excluding hydrogens is 230 g/mol. The van der Waals surface area contributed by atoms with E-state index in [9.17, 15) is 0 Å². The summed E-state index contributed by atoms with van der Waals surface area (Å²) in [6.07, 6.45) is 3.58. The van der Waals surface area contributed by atoms with E-state index in [4.69, 9.17) is 4.74 Å². The summed E-state index contributed by atoms with van der Waals surface area (Å²) < 4.78 is 5.48. The van der Waals surface area contributed by atoms with Gasteiger partial charge in [-0.3, -0.25) is 0 Å². The monoisotopic (exact) mass is 253 g/mol. The zero-order valence-corrected chi connectivity index (χ0v) is 11.7. The molecule has 0 amide bonds. The Kier molecular flexibility index (Phi) is 5.01. The second-order valence-corrected chi connectivity index (χ2v) is 5.93. The maximum atomic E-state index is 5.48. The molecule has 1 N–H and O–H groups in total. The van der Waals surface area contributed by atoms with Gasteiger partial charge in [0.2, 0.25) is 0 Å². The maximum absolute atomic E-state index is 5.48. The largest absolute Gasteiger partial charge is 0.381 e. The number of rotatable bonds is 5. The molecule has 96 valence electrons. The van der Waals surface area contributed by atoms with Crippen LogP contribution < -0.4 is 5.32 Å². The lowest BCUT2D eigenvalue weighted by Crippen LogP contribution is -2.32. The molecule has 1 unspecified atom stereocenters. The van der Waals surface area contributed by atoms with Crippen molar-refractivity contribution >= 4 is 11.3 Å². The van der Waals surface area contributed by atoms with Gasteiger partial charge in [-0.05, 0) is 55.7 Å². The van der Waals surface area contributed by atoms with E-state index in [2.05, 4.69) is 30.6 Å². The first-order valence-corrected chi connectivity index (χ1v) is 7.56. The normalized spacial score (nSPS) is 19.4. The van der Waals surface area contributed by atoms with Crippen LogP contribution in [0.4, 0.5) is 0 Å². The van der Waals surface area contributed by atoms with E-state index in [0.717, 1.165) is 25.7 Å². The molecule has 1 aliphatic heterocycles. The fourth-order valence-electron chi connectivity index (χ4n) is 2.60. The van der Waals surface area contributed by atoms with Gasteiger partial charge < -0.3 is 10.1 Å². The van der Waals surface area contributed by atoms with Gasteiger partial charge in [-0.15, -0.1) is 11.3 Å². The minimum absolute atomic E-state index is 0.532. The van der Waals surface area contributed by atoms with Gasteiger partial charge >= 0.3 is 0 Å². The molecule has 1 atom stereocenters. The van der Waals surface area contributed by atoms with Crippen LogP contribution in [0.25, 0.3) is 0 Å². The summed E-state index contributed by atoms with van der Waals surface area (Å²) in [5.41, 5.74) is 1.51. The molecule has 0 aromatic carbocycles. The molecule has 0 aliphatic carbocycles. The average molecular weight is 253 g/mol. The third-order valence-corrected chi connectivity index (χ3v) is 4.45. The summed E-state index contributed by atoms with van der Waals surface area (Å²) >= 11 is 1.86. The molecule has 1 aromatic heterocycles. The number of aryl methyl sites for hydroxylation is 1. The van der Waals surface area contributed by atoms with E-state index in [1.165, 1.54) is 29.7 Å². The van der Waals surface area contributed by atoms with Gasteiger partial charge in [-0.25, -0.2) is 0 Å². The standard InChI is InChI=1S/C14H23NOS/c1-3-7-15-14(12-4-8-16-9-5-12)13-6-10-17-11(13)2/h6,10,12,14-15H,3-5,7-9H2,1-2H3. The highest BCUT2D eigenvalue weighted by atomic mass is 32.1. The SMILES string of the molecule is CCCNC(c1ccsc1C)C1CCOCC1. The van der Waals surface area contributed by atoms with Crippen LogP contribution >= 0.6 is 11.3 Å². The molecule has 0 saturated carbocycles. The van der Waals surface area contributed by atoms with Crippen molar-refractivity contribution in [3.05, 3.63) is 21.9 Å². The summed E-state index contributed by atoms with van der Waals surface area (Å²) in [4.78, 5) is 1.46. The third kappa shape index (κ3) is 3.30. The minimum Gasteiger partial charge on any atom is -0.381 e. The summed E-state index contributed by atoms with van der Waals surface area (Å²) in [7, 11) is 0. The molecule has 1 aliphatic rings. The fourth-order valence-corrected chi connectivity index (χ4v) is 3.35. The van der Waals surface area contributed by atoms with Gasteiger partial charge in [-0.2, -0.15) is 0 Å². The van der Waals surface area contributed by atoms with E-state index in [1.54, 1.807) is 0 Å². The van der Waals surface area contributed by atoms with Crippen LogP contribution in [0.2, 0.25) is 0 Å². The summed E-state index contributed by atoms with van der Waals surface area (Å²) in [5, 5.41) is 5.95. The van der Waals surface area contributed by atoms with Gasteiger partial charge in [-0.1, -0.05) is 6.92 Å². The van der Waals surface area contributed by atoms with Crippen molar-refractivity contribution in [2.45, 2.75) is 39.2 Å². The molecule has 1 aromatic rings. The van der Waals surface area contributed by atoms with Crippen molar-refractivity contribution in [2.24, 2.45) is 5.92 Å². The Balaban J connectivity index is 2.09. The van der Waals surface area contributed by atoms with Gasteiger partial charge in [0.15, 0.2) is 0 Å². The van der Waals surface area contributed by atoms with Crippen molar-refractivity contribution in [1.29, 1.82) is 0 Å². The molecule has 1 saturated heterocycles. The Morgan fingerprint density at radius 2 is 2.24 bits per heavy atom. The summed E-state index contributed by atoms with van der Waals surface area (Å²) in [6.45, 7) is 7.43. The lowest BCUT2D eigenvalue weighted by atomic mass is 9.87. The Bertz CT molecular complexity index is 331. The Morgan fingerprint density at radius 1 is 1.47 bits per heavy atom. The fraction of sp³-hybridized carbons (Fsp3) is 0.714. The van der Waals surface area contributed by atoms with Crippen molar-refractivity contribution < 1.29 is 4.74 Å². The van der Waals surface area contributed by atoms with E-state index < -0.39 is 0 Å².